The summed E-state index contributed by atoms with van der Waals surface area (Å²) >= 11 is 0. The van der Waals surface area contributed by atoms with Crippen LogP contribution in [-0.4, -0.2) is 23.2 Å². The number of amides is 1. The minimum absolute atomic E-state index is 0.0878. The van der Waals surface area contributed by atoms with Gasteiger partial charge in [0.2, 0.25) is 0 Å². The molecule has 6 nitrogen and oxygen atoms in total. The largest absolute Gasteiger partial charge is 0.480 e. The van der Waals surface area contributed by atoms with Crippen LogP contribution in [0.25, 0.3) is 0 Å². The number of nitrogens with zero attached hydrogens (tertiary/aromatic N) is 1. The molecular weight excluding hydrogens is 284 g/mol. The maximum Gasteiger partial charge on any atom is 0.408 e. The molecule has 1 amide bonds. The zero-order valence-electron chi connectivity index (χ0n) is 12.5. The number of carbonyl (C=O) groups is 2. The van der Waals surface area contributed by atoms with Crippen LogP contribution in [0.2, 0.25) is 0 Å². The van der Waals surface area contributed by atoms with Crippen molar-refractivity contribution in [1.82, 2.24) is 5.32 Å². The first-order valence-corrected chi connectivity index (χ1v) is 7.12. The van der Waals surface area contributed by atoms with Gasteiger partial charge in [-0.25, -0.2) is 9.59 Å². The highest BCUT2D eigenvalue weighted by atomic mass is 16.5. The summed E-state index contributed by atoms with van der Waals surface area (Å²) in [5.41, 5.74) is 0.826. The van der Waals surface area contributed by atoms with Crippen LogP contribution < -0.4 is 5.32 Å². The number of nitriles is 1. The number of hydrogen-bond acceptors (Lipinski definition) is 4. The van der Waals surface area contributed by atoms with Gasteiger partial charge in [0, 0.05) is 5.92 Å². The van der Waals surface area contributed by atoms with E-state index in [4.69, 9.17) is 15.1 Å². The maximum absolute atomic E-state index is 11.6. The molecule has 0 saturated heterocycles. The number of hydrogen-bond donors (Lipinski definition) is 2. The molecule has 1 aromatic carbocycles. The number of aliphatic carboxylic acids is 1. The van der Waals surface area contributed by atoms with E-state index in [1.165, 1.54) is 0 Å². The molecule has 118 valence electrons. The highest BCUT2D eigenvalue weighted by Gasteiger charge is 2.20. The molecule has 0 saturated carbocycles. The van der Waals surface area contributed by atoms with Crippen LogP contribution >= 0.6 is 0 Å². The number of carboxylic acids is 1. The number of benzene rings is 1. The Morgan fingerprint density at radius 3 is 2.59 bits per heavy atom. The quantitative estimate of drug-likeness (QED) is 0.769. The number of alkyl carbamates (subject to hydrolysis) is 1. The fourth-order valence-electron chi connectivity index (χ4n) is 1.86. The molecule has 1 unspecified atom stereocenters. The molecule has 1 aromatic rings. The van der Waals surface area contributed by atoms with Gasteiger partial charge in [-0.15, -0.1) is 0 Å². The van der Waals surface area contributed by atoms with Gasteiger partial charge in [0.1, 0.15) is 12.6 Å². The Balaban J connectivity index is 2.37. The second kappa shape index (κ2) is 9.40. The number of nitrogens with one attached hydrogen (secondary N) is 1. The summed E-state index contributed by atoms with van der Waals surface area (Å²) in [5.74, 6) is -1.24. The van der Waals surface area contributed by atoms with E-state index in [1.807, 2.05) is 30.3 Å². The van der Waals surface area contributed by atoms with E-state index in [2.05, 4.69) is 11.4 Å². The summed E-state index contributed by atoms with van der Waals surface area (Å²) in [4.78, 5) is 22.8. The molecule has 0 aliphatic rings. The van der Waals surface area contributed by atoms with Crippen molar-refractivity contribution in [2.45, 2.75) is 38.8 Å². The van der Waals surface area contributed by atoms with Gasteiger partial charge < -0.3 is 15.2 Å². The SMILES string of the molecule is CC(C#N)CCC[C@H](NC(=O)OCc1ccccc1)C(=O)O. The van der Waals surface area contributed by atoms with Crippen LogP contribution in [0.3, 0.4) is 0 Å². The van der Waals surface area contributed by atoms with Gasteiger partial charge in [-0.1, -0.05) is 30.3 Å². The average molecular weight is 304 g/mol. The molecule has 0 aromatic heterocycles. The van der Waals surface area contributed by atoms with E-state index in [9.17, 15) is 9.59 Å². The van der Waals surface area contributed by atoms with Crippen LogP contribution in [-0.2, 0) is 16.1 Å². The van der Waals surface area contributed by atoms with E-state index in [0.717, 1.165) is 5.56 Å². The van der Waals surface area contributed by atoms with Gasteiger partial charge in [0.25, 0.3) is 0 Å². The third kappa shape index (κ3) is 6.75. The van der Waals surface area contributed by atoms with Crippen LogP contribution in [0.5, 0.6) is 0 Å². The highest BCUT2D eigenvalue weighted by Crippen LogP contribution is 2.09. The molecular formula is C16H20N2O4. The van der Waals surface area contributed by atoms with Crippen LogP contribution in [0.15, 0.2) is 30.3 Å². The fraction of sp³-hybridized carbons (Fsp3) is 0.438. The zero-order chi connectivity index (χ0) is 16.4. The molecule has 22 heavy (non-hydrogen) atoms. The second-order valence-corrected chi connectivity index (χ2v) is 5.06. The number of carboxylic acid groups (broad SMARTS) is 1. The lowest BCUT2D eigenvalue weighted by Crippen LogP contribution is -2.41. The first-order chi connectivity index (χ1) is 10.5. The van der Waals surface area contributed by atoms with Gasteiger partial charge in [-0.05, 0) is 31.7 Å². The molecule has 0 spiro atoms. The summed E-state index contributed by atoms with van der Waals surface area (Å²) in [5, 5.41) is 20.1. The highest BCUT2D eigenvalue weighted by molar-refractivity contribution is 5.79. The Morgan fingerprint density at radius 2 is 2.00 bits per heavy atom. The van der Waals surface area contributed by atoms with Gasteiger partial charge in [-0.2, -0.15) is 5.26 Å². The van der Waals surface area contributed by atoms with Crippen molar-refractivity contribution in [2.75, 3.05) is 0 Å². The molecule has 0 aliphatic carbocycles. The molecule has 2 atom stereocenters. The van der Waals surface area contributed by atoms with Crippen molar-refractivity contribution < 1.29 is 19.4 Å². The van der Waals surface area contributed by atoms with Crippen molar-refractivity contribution in [3.63, 3.8) is 0 Å². The molecule has 0 radical (unpaired) electrons. The van der Waals surface area contributed by atoms with Crippen molar-refractivity contribution in [3.05, 3.63) is 35.9 Å². The molecule has 6 heteroatoms. The summed E-state index contributed by atoms with van der Waals surface area (Å²) in [6, 6.07) is 10.2. The fourth-order valence-corrected chi connectivity index (χ4v) is 1.86. The van der Waals surface area contributed by atoms with Crippen LogP contribution in [0.1, 0.15) is 31.7 Å². The summed E-state index contributed by atoms with van der Waals surface area (Å²) < 4.78 is 4.99. The van der Waals surface area contributed by atoms with Crippen LogP contribution in [0.4, 0.5) is 4.79 Å². The zero-order valence-corrected chi connectivity index (χ0v) is 12.5. The number of carbonyl (C=O) groups excluding carboxylic acids is 1. The van der Waals surface area contributed by atoms with Gasteiger partial charge in [0.05, 0.1) is 6.07 Å². The maximum atomic E-state index is 11.6. The number of ether oxygens (including phenoxy) is 1. The van der Waals surface area contributed by atoms with Gasteiger partial charge >= 0.3 is 12.1 Å². The van der Waals surface area contributed by atoms with E-state index in [1.54, 1.807) is 6.92 Å². The third-order valence-corrected chi connectivity index (χ3v) is 3.15. The molecule has 0 fully saturated rings. The predicted molar refractivity (Wildman–Crippen MR) is 79.8 cm³/mol. The molecule has 2 N–H and O–H groups in total. The van der Waals surface area contributed by atoms with E-state index in [-0.39, 0.29) is 18.9 Å². The smallest absolute Gasteiger partial charge is 0.408 e. The Kier molecular flexibility index (Phi) is 7.48. The topological polar surface area (TPSA) is 99.4 Å². The first-order valence-electron chi connectivity index (χ1n) is 7.12. The van der Waals surface area contributed by atoms with Crippen molar-refractivity contribution in [2.24, 2.45) is 5.92 Å². The summed E-state index contributed by atoms with van der Waals surface area (Å²) in [6.45, 7) is 1.86. The predicted octanol–water partition coefficient (Wildman–Crippen LogP) is 2.70. The average Bonchev–Trinajstić information content (AvgIpc) is 2.52. The lowest BCUT2D eigenvalue weighted by Gasteiger charge is -2.14. The normalized spacial score (nSPS) is 12.7. The van der Waals surface area contributed by atoms with E-state index >= 15 is 0 Å². The molecule has 0 aliphatic heterocycles. The van der Waals surface area contributed by atoms with Crippen LogP contribution in [0, 0.1) is 17.2 Å². The third-order valence-electron chi connectivity index (χ3n) is 3.15. The molecule has 0 bridgehead atoms. The standard InChI is InChI=1S/C16H20N2O4/c1-12(10-17)6-5-9-14(15(19)20)18-16(21)22-11-13-7-3-2-4-8-13/h2-4,7-8,12,14H,5-6,9,11H2,1H3,(H,18,21)(H,19,20)/t12?,14-/m0/s1. The first kappa shape index (κ1) is 17.5. The summed E-state index contributed by atoms with van der Waals surface area (Å²) in [7, 11) is 0. The van der Waals surface area contributed by atoms with E-state index < -0.39 is 18.1 Å². The van der Waals surface area contributed by atoms with Crippen molar-refractivity contribution in [3.8, 4) is 6.07 Å². The van der Waals surface area contributed by atoms with Gasteiger partial charge in [0.15, 0.2) is 0 Å². The van der Waals surface area contributed by atoms with E-state index in [0.29, 0.717) is 12.8 Å². The van der Waals surface area contributed by atoms with Gasteiger partial charge in [-0.3, -0.25) is 0 Å². The lowest BCUT2D eigenvalue weighted by molar-refractivity contribution is -0.139. The Hall–Kier alpha value is -2.55. The second-order valence-electron chi connectivity index (χ2n) is 5.06. The van der Waals surface area contributed by atoms with Crippen molar-refractivity contribution in [1.29, 1.82) is 5.26 Å². The molecule has 0 heterocycles. The Morgan fingerprint density at radius 1 is 1.32 bits per heavy atom. The molecule has 1 rings (SSSR count). The Labute approximate surface area is 129 Å². The number of rotatable bonds is 8. The lowest BCUT2D eigenvalue weighted by atomic mass is 10.0. The minimum Gasteiger partial charge on any atom is -0.480 e. The minimum atomic E-state index is -1.11. The van der Waals surface area contributed by atoms with Crippen molar-refractivity contribution >= 4 is 12.1 Å². The Bertz CT molecular complexity index is 525. The monoisotopic (exact) mass is 304 g/mol. The summed E-state index contributed by atoms with van der Waals surface area (Å²) in [6.07, 6.45) is 0.651.